The highest BCUT2D eigenvalue weighted by molar-refractivity contribution is 14.0. The summed E-state index contributed by atoms with van der Waals surface area (Å²) < 4.78 is 5.18. The van der Waals surface area contributed by atoms with Crippen LogP contribution in [0.1, 0.15) is 44.6 Å². The first-order chi connectivity index (χ1) is 13.2. The minimum absolute atomic E-state index is 0. The Morgan fingerprint density at radius 3 is 2.79 bits per heavy atom. The van der Waals surface area contributed by atoms with E-state index in [1.807, 2.05) is 12.1 Å². The van der Waals surface area contributed by atoms with Gasteiger partial charge in [-0.1, -0.05) is 25.0 Å². The maximum Gasteiger partial charge on any atom is 0.191 e. The molecule has 1 aliphatic heterocycles. The zero-order chi connectivity index (χ0) is 19.1. The number of nitrogens with one attached hydrogen (secondary N) is 2. The fourth-order valence-corrected chi connectivity index (χ4v) is 4.24. The summed E-state index contributed by atoms with van der Waals surface area (Å²) in [6, 6.07) is 6.85. The molecule has 1 aromatic rings. The molecule has 158 valence electrons. The molecule has 1 saturated heterocycles. The van der Waals surface area contributed by atoms with Gasteiger partial charge in [0.15, 0.2) is 17.5 Å². The molecule has 1 aromatic carbocycles. The number of rotatable bonds is 7. The number of likely N-dealkylation sites (tertiary alicyclic amines) is 1. The van der Waals surface area contributed by atoms with E-state index < -0.39 is 0 Å². The molecule has 1 saturated carbocycles. The fraction of sp³-hybridized carbons (Fsp3) is 0.667. The maximum atomic E-state index is 10.2. The van der Waals surface area contributed by atoms with E-state index in [-0.39, 0.29) is 29.7 Å². The van der Waals surface area contributed by atoms with Crippen molar-refractivity contribution in [2.45, 2.75) is 57.5 Å². The second kappa shape index (κ2) is 11.7. The molecule has 1 atom stereocenters. The zero-order valence-electron chi connectivity index (χ0n) is 17.1. The number of aromatic hydroxyl groups is 1. The van der Waals surface area contributed by atoms with Gasteiger partial charge in [-0.2, -0.15) is 0 Å². The Balaban J connectivity index is 0.00000280. The maximum absolute atomic E-state index is 10.2. The number of hydrogen-bond acceptors (Lipinski definition) is 4. The highest BCUT2D eigenvalue weighted by Gasteiger charge is 2.30. The van der Waals surface area contributed by atoms with Crippen LogP contribution in [0.4, 0.5) is 0 Å². The minimum atomic E-state index is 0. The molecule has 3 N–H and O–H groups in total. The summed E-state index contributed by atoms with van der Waals surface area (Å²) in [7, 11) is 1.57. The van der Waals surface area contributed by atoms with Gasteiger partial charge in [0, 0.05) is 38.3 Å². The number of phenolic OH excluding ortho intramolecular Hbond substituents is 1. The normalized spacial score (nSPS) is 20.8. The van der Waals surface area contributed by atoms with Crippen LogP contribution in [-0.2, 0) is 6.42 Å². The van der Waals surface area contributed by atoms with Crippen LogP contribution in [0.25, 0.3) is 0 Å². The molecule has 0 radical (unpaired) electrons. The molecule has 0 bridgehead atoms. The van der Waals surface area contributed by atoms with Crippen molar-refractivity contribution in [3.8, 4) is 11.5 Å². The monoisotopic (exact) mass is 502 g/mol. The third kappa shape index (κ3) is 6.14. The van der Waals surface area contributed by atoms with Crippen LogP contribution >= 0.6 is 24.0 Å². The molecule has 2 fully saturated rings. The van der Waals surface area contributed by atoms with Crippen molar-refractivity contribution in [3.05, 3.63) is 23.8 Å². The van der Waals surface area contributed by atoms with Gasteiger partial charge in [0.05, 0.1) is 7.11 Å². The third-order valence-electron chi connectivity index (χ3n) is 5.70. The largest absolute Gasteiger partial charge is 0.504 e. The lowest BCUT2D eigenvalue weighted by Gasteiger charge is -2.24. The van der Waals surface area contributed by atoms with Crippen molar-refractivity contribution in [1.82, 2.24) is 15.5 Å². The van der Waals surface area contributed by atoms with Gasteiger partial charge < -0.3 is 20.5 Å². The van der Waals surface area contributed by atoms with E-state index in [0.29, 0.717) is 24.8 Å². The van der Waals surface area contributed by atoms with Crippen LogP contribution in [0.5, 0.6) is 11.5 Å². The van der Waals surface area contributed by atoms with Gasteiger partial charge in [0.2, 0.25) is 0 Å². The summed E-state index contributed by atoms with van der Waals surface area (Å²) in [4.78, 5) is 7.37. The first-order valence-corrected chi connectivity index (χ1v) is 10.3. The molecule has 0 spiro atoms. The van der Waals surface area contributed by atoms with Crippen LogP contribution < -0.4 is 15.4 Å². The quantitative estimate of drug-likeness (QED) is 0.304. The molecule has 3 rings (SSSR count). The summed E-state index contributed by atoms with van der Waals surface area (Å²) in [5.74, 6) is 1.61. The Hall–Kier alpha value is -1.22. The lowest BCUT2D eigenvalue weighted by molar-refractivity contribution is 0.242. The van der Waals surface area contributed by atoms with Gasteiger partial charge in [-0.15, -0.1) is 24.0 Å². The van der Waals surface area contributed by atoms with Gasteiger partial charge in [-0.05, 0) is 44.2 Å². The topological polar surface area (TPSA) is 69.1 Å². The average molecular weight is 502 g/mol. The predicted molar refractivity (Wildman–Crippen MR) is 125 cm³/mol. The number of hydrogen-bond donors (Lipinski definition) is 3. The van der Waals surface area contributed by atoms with Crippen LogP contribution in [0.2, 0.25) is 0 Å². The van der Waals surface area contributed by atoms with Crippen LogP contribution in [0.15, 0.2) is 23.2 Å². The standard InChI is InChI=1S/C21H34N4O2.HI/c1-3-22-21(23-13-11-16-7-6-10-19(27-2)20(16)26)24-17-12-14-25(15-17)18-8-4-5-9-18;/h6-7,10,17-18,26H,3-5,8-9,11-15H2,1-2H3,(H2,22,23,24);1H. The molecule has 6 nitrogen and oxygen atoms in total. The second-order valence-electron chi connectivity index (χ2n) is 7.54. The number of aliphatic imine (C=N–C) groups is 1. The first-order valence-electron chi connectivity index (χ1n) is 10.3. The van der Waals surface area contributed by atoms with Crippen LogP contribution in [0.3, 0.4) is 0 Å². The van der Waals surface area contributed by atoms with Crippen molar-refractivity contribution in [2.75, 3.05) is 33.3 Å². The Labute approximate surface area is 186 Å². The highest BCUT2D eigenvalue weighted by Crippen LogP contribution is 2.29. The molecular weight excluding hydrogens is 467 g/mol. The lowest BCUT2D eigenvalue weighted by Crippen LogP contribution is -2.45. The number of methoxy groups -OCH3 is 1. The molecule has 0 amide bonds. The SMILES string of the molecule is CCNC(=NCCc1cccc(OC)c1O)NC1CCN(C2CCCC2)C1.I. The zero-order valence-corrected chi connectivity index (χ0v) is 19.4. The number of para-hydroxylation sites is 1. The van der Waals surface area contributed by atoms with Gasteiger partial charge >= 0.3 is 0 Å². The van der Waals surface area contributed by atoms with E-state index in [0.717, 1.165) is 30.7 Å². The van der Waals surface area contributed by atoms with Gasteiger partial charge in [0.1, 0.15) is 0 Å². The number of benzene rings is 1. The Kier molecular flexibility index (Phi) is 9.64. The molecule has 2 aliphatic rings. The van der Waals surface area contributed by atoms with Gasteiger partial charge in [-0.3, -0.25) is 9.89 Å². The number of ether oxygens (including phenoxy) is 1. The van der Waals surface area contributed by atoms with Crippen molar-refractivity contribution in [3.63, 3.8) is 0 Å². The van der Waals surface area contributed by atoms with Crippen molar-refractivity contribution < 1.29 is 9.84 Å². The highest BCUT2D eigenvalue weighted by atomic mass is 127. The van der Waals surface area contributed by atoms with E-state index in [1.165, 1.54) is 38.6 Å². The van der Waals surface area contributed by atoms with E-state index >= 15 is 0 Å². The van der Waals surface area contributed by atoms with Crippen LogP contribution in [0, 0.1) is 0 Å². The summed E-state index contributed by atoms with van der Waals surface area (Å²) in [6.45, 7) is 5.86. The average Bonchev–Trinajstić information content (AvgIpc) is 3.35. The Morgan fingerprint density at radius 1 is 1.29 bits per heavy atom. The summed E-state index contributed by atoms with van der Waals surface area (Å²) in [5, 5.41) is 17.2. The van der Waals surface area contributed by atoms with Crippen LogP contribution in [-0.4, -0.2) is 61.3 Å². The van der Waals surface area contributed by atoms with Crippen molar-refractivity contribution in [1.29, 1.82) is 0 Å². The van der Waals surface area contributed by atoms with E-state index in [4.69, 9.17) is 9.73 Å². The third-order valence-corrected chi connectivity index (χ3v) is 5.70. The number of halogens is 1. The second-order valence-corrected chi connectivity index (χ2v) is 7.54. The van der Waals surface area contributed by atoms with Gasteiger partial charge in [0.25, 0.3) is 0 Å². The molecule has 28 heavy (non-hydrogen) atoms. The molecule has 1 heterocycles. The summed E-state index contributed by atoms with van der Waals surface area (Å²) >= 11 is 0. The van der Waals surface area contributed by atoms with E-state index in [2.05, 4.69) is 22.5 Å². The van der Waals surface area contributed by atoms with Crippen molar-refractivity contribution in [2.24, 2.45) is 4.99 Å². The fourth-order valence-electron chi connectivity index (χ4n) is 4.24. The summed E-state index contributed by atoms with van der Waals surface area (Å²) in [5.41, 5.74) is 0.863. The lowest BCUT2D eigenvalue weighted by atomic mass is 10.1. The summed E-state index contributed by atoms with van der Waals surface area (Å²) in [6.07, 6.45) is 7.37. The molecular formula is C21H35IN4O2. The first kappa shape index (κ1) is 23.1. The smallest absolute Gasteiger partial charge is 0.191 e. The number of guanidine groups is 1. The number of nitrogens with zero attached hydrogens (tertiary/aromatic N) is 2. The Bertz CT molecular complexity index is 635. The van der Waals surface area contributed by atoms with Crippen molar-refractivity contribution >= 4 is 29.9 Å². The van der Waals surface area contributed by atoms with Gasteiger partial charge in [-0.25, -0.2) is 0 Å². The molecule has 0 aromatic heterocycles. The number of phenols is 1. The molecule has 7 heteroatoms. The predicted octanol–water partition coefficient (Wildman–Crippen LogP) is 3.13. The molecule has 1 aliphatic carbocycles. The minimum Gasteiger partial charge on any atom is -0.504 e. The van der Waals surface area contributed by atoms with E-state index in [9.17, 15) is 5.11 Å². The van der Waals surface area contributed by atoms with E-state index in [1.54, 1.807) is 13.2 Å². The molecule has 1 unspecified atom stereocenters. The Morgan fingerprint density at radius 2 is 2.07 bits per heavy atom.